The first kappa shape index (κ1) is 13.2. The second-order valence-electron chi connectivity index (χ2n) is 5.15. The number of Topliss-reactive ketones (excluding diaryl/α,β-unsaturated/α-hetero) is 1. The summed E-state index contributed by atoms with van der Waals surface area (Å²) in [6.45, 7) is 3.73. The van der Waals surface area contributed by atoms with Crippen molar-refractivity contribution in [2.75, 3.05) is 13.1 Å². The Labute approximate surface area is 108 Å². The van der Waals surface area contributed by atoms with Crippen LogP contribution in [0.3, 0.4) is 0 Å². The second-order valence-corrected chi connectivity index (χ2v) is 5.15. The van der Waals surface area contributed by atoms with E-state index in [9.17, 15) is 9.18 Å². The molecule has 0 bridgehead atoms. The van der Waals surface area contributed by atoms with E-state index in [0.29, 0.717) is 5.56 Å². The summed E-state index contributed by atoms with van der Waals surface area (Å²) in [5.41, 5.74) is 0.252. The molecule has 0 aromatic heterocycles. The van der Waals surface area contributed by atoms with Crippen LogP contribution in [0.5, 0.6) is 0 Å². The van der Waals surface area contributed by atoms with Crippen LogP contribution in [0.1, 0.15) is 31.7 Å². The van der Waals surface area contributed by atoms with Gasteiger partial charge in [-0.05, 0) is 31.0 Å². The maximum atomic E-state index is 13.6. The Morgan fingerprint density at radius 3 is 2.83 bits per heavy atom. The van der Waals surface area contributed by atoms with Gasteiger partial charge in [0.15, 0.2) is 0 Å². The summed E-state index contributed by atoms with van der Waals surface area (Å²) >= 11 is 0. The molecule has 3 heteroatoms. The van der Waals surface area contributed by atoms with Crippen molar-refractivity contribution >= 4 is 5.78 Å². The van der Waals surface area contributed by atoms with E-state index in [1.54, 1.807) is 18.2 Å². The van der Waals surface area contributed by atoms with Gasteiger partial charge in [0.2, 0.25) is 0 Å². The van der Waals surface area contributed by atoms with Crippen molar-refractivity contribution in [3.63, 3.8) is 0 Å². The molecule has 0 aliphatic carbocycles. The highest BCUT2D eigenvalue weighted by Gasteiger charge is 2.39. The second kappa shape index (κ2) is 5.61. The van der Waals surface area contributed by atoms with Crippen LogP contribution in [0.4, 0.5) is 4.39 Å². The van der Waals surface area contributed by atoms with E-state index >= 15 is 0 Å². The van der Waals surface area contributed by atoms with Crippen LogP contribution in [-0.2, 0) is 11.2 Å². The lowest BCUT2D eigenvalue weighted by molar-refractivity contribution is -0.127. The number of hydrogen-bond donors (Lipinski definition) is 1. The molecule has 1 aliphatic rings. The Morgan fingerprint density at radius 2 is 2.22 bits per heavy atom. The summed E-state index contributed by atoms with van der Waals surface area (Å²) in [6, 6.07) is 6.56. The predicted octanol–water partition coefficient (Wildman–Crippen LogP) is 2.72. The molecule has 1 N–H and O–H groups in total. The Hall–Kier alpha value is -1.22. The molecule has 1 atom stereocenters. The van der Waals surface area contributed by atoms with Crippen molar-refractivity contribution in [1.29, 1.82) is 0 Å². The summed E-state index contributed by atoms with van der Waals surface area (Å²) in [4.78, 5) is 12.5. The van der Waals surface area contributed by atoms with Gasteiger partial charge in [0.05, 0.1) is 0 Å². The summed E-state index contributed by atoms with van der Waals surface area (Å²) < 4.78 is 13.6. The molecule has 1 heterocycles. The van der Waals surface area contributed by atoms with Crippen LogP contribution in [-0.4, -0.2) is 18.9 Å². The number of carbonyl (C=O) groups is 1. The van der Waals surface area contributed by atoms with Crippen molar-refractivity contribution in [2.45, 2.75) is 32.6 Å². The number of nitrogens with one attached hydrogen (secondary N) is 1. The largest absolute Gasteiger partial charge is 0.316 e. The highest BCUT2D eigenvalue weighted by atomic mass is 19.1. The molecule has 0 saturated carbocycles. The molecule has 1 saturated heterocycles. The Morgan fingerprint density at radius 1 is 1.44 bits per heavy atom. The van der Waals surface area contributed by atoms with Gasteiger partial charge in [0, 0.05) is 18.4 Å². The molecule has 2 rings (SSSR count). The Kier molecular flexibility index (Phi) is 4.12. The number of rotatable bonds is 5. The monoisotopic (exact) mass is 249 g/mol. The summed E-state index contributed by atoms with van der Waals surface area (Å²) in [5, 5.41) is 3.26. The van der Waals surface area contributed by atoms with Gasteiger partial charge < -0.3 is 5.32 Å². The third-order valence-corrected chi connectivity index (χ3v) is 3.87. The lowest BCUT2D eigenvalue weighted by Gasteiger charge is -2.26. The third kappa shape index (κ3) is 2.61. The van der Waals surface area contributed by atoms with Crippen LogP contribution in [0, 0.1) is 11.2 Å². The lowest BCUT2D eigenvalue weighted by Crippen LogP contribution is -2.34. The standard InChI is InChI=1S/C15H20FNO/c1-2-7-15(8-9-17-11-15)14(18)10-12-5-3-4-6-13(12)16/h3-6,17H,2,7-11H2,1H3. The van der Waals surface area contributed by atoms with E-state index in [-0.39, 0.29) is 23.4 Å². The molecule has 1 fully saturated rings. The van der Waals surface area contributed by atoms with Gasteiger partial charge in [0.1, 0.15) is 11.6 Å². The van der Waals surface area contributed by atoms with Gasteiger partial charge in [-0.25, -0.2) is 4.39 Å². The molecule has 18 heavy (non-hydrogen) atoms. The van der Waals surface area contributed by atoms with Crippen molar-refractivity contribution < 1.29 is 9.18 Å². The molecule has 1 unspecified atom stereocenters. The minimum atomic E-state index is -0.275. The average Bonchev–Trinajstić information content (AvgIpc) is 2.82. The molecule has 1 aromatic carbocycles. The van der Waals surface area contributed by atoms with Gasteiger partial charge in [0.25, 0.3) is 0 Å². The zero-order chi connectivity index (χ0) is 13.0. The van der Waals surface area contributed by atoms with Gasteiger partial charge in [-0.15, -0.1) is 0 Å². The molecule has 1 aromatic rings. The summed E-state index contributed by atoms with van der Waals surface area (Å²) in [5.74, 6) is -0.0945. The average molecular weight is 249 g/mol. The Balaban J connectivity index is 2.13. The van der Waals surface area contributed by atoms with Gasteiger partial charge in [-0.3, -0.25) is 4.79 Å². The van der Waals surface area contributed by atoms with Crippen molar-refractivity contribution in [2.24, 2.45) is 5.41 Å². The molecule has 2 nitrogen and oxygen atoms in total. The van der Waals surface area contributed by atoms with E-state index in [1.807, 2.05) is 0 Å². The molecule has 0 radical (unpaired) electrons. The van der Waals surface area contributed by atoms with E-state index in [1.165, 1.54) is 6.07 Å². The molecule has 0 amide bonds. The van der Waals surface area contributed by atoms with Crippen molar-refractivity contribution in [1.82, 2.24) is 5.32 Å². The lowest BCUT2D eigenvalue weighted by atomic mass is 9.76. The number of ketones is 1. The minimum absolute atomic E-state index is 0.180. The van der Waals surface area contributed by atoms with E-state index < -0.39 is 0 Å². The fourth-order valence-corrected chi connectivity index (χ4v) is 2.82. The maximum Gasteiger partial charge on any atom is 0.144 e. The topological polar surface area (TPSA) is 29.1 Å². The van der Waals surface area contributed by atoms with Gasteiger partial charge in [-0.2, -0.15) is 0 Å². The van der Waals surface area contributed by atoms with Crippen LogP contribution in [0.2, 0.25) is 0 Å². The number of carbonyl (C=O) groups excluding carboxylic acids is 1. The van der Waals surface area contributed by atoms with E-state index in [4.69, 9.17) is 0 Å². The van der Waals surface area contributed by atoms with Gasteiger partial charge >= 0.3 is 0 Å². The normalized spacial score (nSPS) is 23.2. The molecular formula is C15H20FNO. The summed E-state index contributed by atoms with van der Waals surface area (Å²) in [7, 11) is 0. The first-order valence-corrected chi connectivity index (χ1v) is 6.65. The smallest absolute Gasteiger partial charge is 0.144 e. The molecule has 0 spiro atoms. The number of hydrogen-bond acceptors (Lipinski definition) is 2. The van der Waals surface area contributed by atoms with E-state index in [0.717, 1.165) is 32.4 Å². The fourth-order valence-electron chi connectivity index (χ4n) is 2.82. The summed E-state index contributed by atoms with van der Waals surface area (Å²) in [6.07, 6.45) is 2.99. The molecular weight excluding hydrogens is 229 g/mol. The first-order chi connectivity index (χ1) is 8.68. The highest BCUT2D eigenvalue weighted by molar-refractivity contribution is 5.87. The quantitative estimate of drug-likeness (QED) is 0.869. The first-order valence-electron chi connectivity index (χ1n) is 6.65. The third-order valence-electron chi connectivity index (χ3n) is 3.87. The minimum Gasteiger partial charge on any atom is -0.316 e. The number of benzene rings is 1. The van der Waals surface area contributed by atoms with Crippen LogP contribution < -0.4 is 5.32 Å². The maximum absolute atomic E-state index is 13.6. The zero-order valence-electron chi connectivity index (χ0n) is 10.8. The predicted molar refractivity (Wildman–Crippen MR) is 69.9 cm³/mol. The van der Waals surface area contributed by atoms with Crippen LogP contribution >= 0.6 is 0 Å². The SMILES string of the molecule is CCCC1(C(=O)Cc2ccccc2F)CCNC1. The molecule has 98 valence electrons. The van der Waals surface area contributed by atoms with Crippen LogP contribution in [0.15, 0.2) is 24.3 Å². The van der Waals surface area contributed by atoms with Crippen molar-refractivity contribution in [3.8, 4) is 0 Å². The van der Waals surface area contributed by atoms with E-state index in [2.05, 4.69) is 12.2 Å². The molecule has 1 aliphatic heterocycles. The van der Waals surface area contributed by atoms with Gasteiger partial charge in [-0.1, -0.05) is 31.5 Å². The number of halogens is 1. The fraction of sp³-hybridized carbons (Fsp3) is 0.533. The zero-order valence-corrected chi connectivity index (χ0v) is 10.8. The Bertz CT molecular complexity index is 424. The van der Waals surface area contributed by atoms with Crippen LogP contribution in [0.25, 0.3) is 0 Å². The highest BCUT2D eigenvalue weighted by Crippen LogP contribution is 2.33. The van der Waals surface area contributed by atoms with Crippen molar-refractivity contribution in [3.05, 3.63) is 35.6 Å².